The number of amides is 1. The second kappa shape index (κ2) is 6.39. The zero-order valence-corrected chi connectivity index (χ0v) is 13.3. The summed E-state index contributed by atoms with van der Waals surface area (Å²) >= 11 is 11.8. The second-order valence-corrected chi connectivity index (χ2v) is 7.06. The lowest BCUT2D eigenvalue weighted by Gasteiger charge is -2.11. The number of carbonyl (C=O) groups excluding carboxylic acids is 1. The predicted octanol–water partition coefficient (Wildman–Crippen LogP) is 1.55. The van der Waals surface area contributed by atoms with Gasteiger partial charge in [0.05, 0.1) is 5.02 Å². The number of nitrogens with one attached hydrogen (secondary N) is 1. The van der Waals surface area contributed by atoms with Crippen molar-refractivity contribution in [2.45, 2.75) is 17.7 Å². The van der Waals surface area contributed by atoms with E-state index in [1.165, 1.54) is 12.1 Å². The molecule has 1 fully saturated rings. The molecule has 1 saturated carbocycles. The van der Waals surface area contributed by atoms with Crippen LogP contribution in [-0.2, 0) is 14.8 Å². The van der Waals surface area contributed by atoms with Crippen LogP contribution >= 0.6 is 23.2 Å². The molecule has 0 radical (unpaired) electrons. The lowest BCUT2D eigenvalue weighted by Crippen LogP contribution is -2.30. The number of hydrogen-bond acceptors (Lipinski definition) is 4. The van der Waals surface area contributed by atoms with Crippen molar-refractivity contribution in [3.05, 3.63) is 22.2 Å². The molecule has 116 valence electrons. The Balaban J connectivity index is 2.00. The van der Waals surface area contributed by atoms with E-state index in [2.05, 4.69) is 5.32 Å². The summed E-state index contributed by atoms with van der Waals surface area (Å²) in [5.41, 5.74) is 0. The first-order valence-electron chi connectivity index (χ1n) is 6.19. The van der Waals surface area contributed by atoms with Gasteiger partial charge in [-0.25, -0.2) is 13.6 Å². The molecule has 0 heterocycles. The summed E-state index contributed by atoms with van der Waals surface area (Å²) in [6.07, 6.45) is 2.27. The van der Waals surface area contributed by atoms with Crippen molar-refractivity contribution in [1.82, 2.24) is 5.32 Å². The molecule has 0 unspecified atom stereocenters. The van der Waals surface area contributed by atoms with Crippen LogP contribution < -0.4 is 15.2 Å². The standard InChI is InChI=1S/C12H14Cl2N2O4S/c13-11-8(3-4-9(12(11)14)21(15,18)19)20-6-10(17)16-5-7-1-2-7/h3-4,7H,1-2,5-6H2,(H,16,17)(H2,15,18,19). The number of halogens is 2. The molecule has 1 aromatic carbocycles. The molecule has 0 aromatic heterocycles. The second-order valence-electron chi connectivity index (χ2n) is 4.77. The molecule has 21 heavy (non-hydrogen) atoms. The Bertz CT molecular complexity index is 659. The molecule has 2 rings (SSSR count). The average Bonchev–Trinajstić information content (AvgIpc) is 3.20. The van der Waals surface area contributed by atoms with Gasteiger partial charge in [-0.3, -0.25) is 4.79 Å². The van der Waals surface area contributed by atoms with Crippen LogP contribution in [0.3, 0.4) is 0 Å². The highest BCUT2D eigenvalue weighted by Crippen LogP contribution is 2.36. The van der Waals surface area contributed by atoms with Gasteiger partial charge in [0.15, 0.2) is 6.61 Å². The van der Waals surface area contributed by atoms with Crippen LogP contribution in [0.4, 0.5) is 0 Å². The van der Waals surface area contributed by atoms with Gasteiger partial charge in [0.2, 0.25) is 10.0 Å². The molecular formula is C12H14Cl2N2O4S. The van der Waals surface area contributed by atoms with Gasteiger partial charge in [-0.1, -0.05) is 23.2 Å². The molecule has 0 saturated heterocycles. The lowest BCUT2D eigenvalue weighted by atomic mass is 10.3. The SMILES string of the molecule is NS(=O)(=O)c1ccc(OCC(=O)NCC2CC2)c(Cl)c1Cl. The maximum atomic E-state index is 11.5. The number of carbonyl (C=O) groups is 1. The fraction of sp³-hybridized carbons (Fsp3) is 0.417. The van der Waals surface area contributed by atoms with Crippen LogP contribution in [0.25, 0.3) is 0 Å². The van der Waals surface area contributed by atoms with E-state index in [0.717, 1.165) is 12.8 Å². The number of primary sulfonamides is 1. The summed E-state index contributed by atoms with van der Waals surface area (Å²) in [6.45, 7) is 0.415. The molecule has 6 nitrogen and oxygen atoms in total. The largest absolute Gasteiger partial charge is 0.482 e. The van der Waals surface area contributed by atoms with Crippen molar-refractivity contribution in [2.24, 2.45) is 11.1 Å². The summed E-state index contributed by atoms with van der Waals surface area (Å²) in [5.74, 6) is 0.418. The molecule has 1 aliphatic rings. The van der Waals surface area contributed by atoms with Gasteiger partial charge >= 0.3 is 0 Å². The van der Waals surface area contributed by atoms with Crippen LogP contribution in [-0.4, -0.2) is 27.5 Å². The van der Waals surface area contributed by atoms with Crippen LogP contribution in [0.2, 0.25) is 10.0 Å². The van der Waals surface area contributed by atoms with Gasteiger partial charge in [0.25, 0.3) is 5.91 Å². The third-order valence-corrected chi connectivity index (χ3v) is 4.89. The predicted molar refractivity (Wildman–Crippen MR) is 79.1 cm³/mol. The van der Waals surface area contributed by atoms with Crippen molar-refractivity contribution >= 4 is 39.1 Å². The Labute approximate surface area is 132 Å². The van der Waals surface area contributed by atoms with Crippen LogP contribution in [0.15, 0.2) is 17.0 Å². The molecule has 3 N–H and O–H groups in total. The fourth-order valence-corrected chi connectivity index (χ4v) is 2.98. The third-order valence-electron chi connectivity index (χ3n) is 2.96. The molecule has 0 bridgehead atoms. The number of ether oxygens (including phenoxy) is 1. The number of sulfonamides is 1. The molecule has 1 aromatic rings. The zero-order valence-electron chi connectivity index (χ0n) is 10.9. The topological polar surface area (TPSA) is 98.5 Å². The fourth-order valence-electron chi connectivity index (χ4n) is 1.62. The Kier molecular flexibility index (Phi) is 4.98. The van der Waals surface area contributed by atoms with Gasteiger partial charge in [0.1, 0.15) is 15.7 Å². The van der Waals surface area contributed by atoms with Crippen molar-refractivity contribution in [2.75, 3.05) is 13.2 Å². The summed E-state index contributed by atoms with van der Waals surface area (Å²) in [5, 5.41) is 7.40. The molecule has 1 amide bonds. The summed E-state index contributed by atoms with van der Waals surface area (Å²) in [4.78, 5) is 11.3. The first-order valence-corrected chi connectivity index (χ1v) is 8.49. The minimum absolute atomic E-state index is 0.0989. The highest BCUT2D eigenvalue weighted by atomic mass is 35.5. The van der Waals surface area contributed by atoms with E-state index in [1.807, 2.05) is 0 Å². The van der Waals surface area contributed by atoms with E-state index in [-0.39, 0.29) is 33.2 Å². The first kappa shape index (κ1) is 16.4. The first-order chi connectivity index (χ1) is 9.79. The minimum atomic E-state index is -3.97. The van der Waals surface area contributed by atoms with Crippen molar-refractivity contribution in [3.8, 4) is 5.75 Å². The molecule has 0 atom stereocenters. The monoisotopic (exact) mass is 352 g/mol. The Morgan fingerprint density at radius 2 is 2.00 bits per heavy atom. The van der Waals surface area contributed by atoms with E-state index < -0.39 is 10.0 Å². The normalized spacial score (nSPS) is 14.8. The summed E-state index contributed by atoms with van der Waals surface area (Å²) < 4.78 is 27.8. The van der Waals surface area contributed by atoms with E-state index in [4.69, 9.17) is 33.1 Å². The van der Waals surface area contributed by atoms with Gasteiger partial charge < -0.3 is 10.1 Å². The van der Waals surface area contributed by atoms with Crippen LogP contribution in [0.1, 0.15) is 12.8 Å². The van der Waals surface area contributed by atoms with Crippen molar-refractivity contribution in [3.63, 3.8) is 0 Å². The highest BCUT2D eigenvalue weighted by Gasteiger charge is 2.22. The maximum absolute atomic E-state index is 11.5. The number of nitrogens with two attached hydrogens (primary N) is 1. The number of benzene rings is 1. The molecular weight excluding hydrogens is 339 g/mol. The van der Waals surface area contributed by atoms with E-state index in [1.54, 1.807) is 0 Å². The van der Waals surface area contributed by atoms with E-state index in [9.17, 15) is 13.2 Å². The van der Waals surface area contributed by atoms with Gasteiger partial charge in [-0.2, -0.15) is 0 Å². The lowest BCUT2D eigenvalue weighted by molar-refractivity contribution is -0.123. The molecule has 0 aliphatic heterocycles. The average molecular weight is 353 g/mol. The van der Waals surface area contributed by atoms with Gasteiger partial charge in [0, 0.05) is 6.54 Å². The van der Waals surface area contributed by atoms with Gasteiger partial charge in [-0.15, -0.1) is 0 Å². The van der Waals surface area contributed by atoms with E-state index in [0.29, 0.717) is 12.5 Å². The van der Waals surface area contributed by atoms with Crippen molar-refractivity contribution < 1.29 is 17.9 Å². The quantitative estimate of drug-likeness (QED) is 0.811. The number of rotatable bonds is 6. The van der Waals surface area contributed by atoms with Crippen LogP contribution in [0.5, 0.6) is 5.75 Å². The minimum Gasteiger partial charge on any atom is -0.482 e. The van der Waals surface area contributed by atoms with Crippen LogP contribution in [0, 0.1) is 5.92 Å². The number of hydrogen-bond donors (Lipinski definition) is 2. The highest BCUT2D eigenvalue weighted by molar-refractivity contribution is 7.89. The molecule has 1 aliphatic carbocycles. The van der Waals surface area contributed by atoms with Crippen molar-refractivity contribution in [1.29, 1.82) is 0 Å². The summed E-state index contributed by atoms with van der Waals surface area (Å²) in [6, 6.07) is 2.49. The maximum Gasteiger partial charge on any atom is 0.257 e. The third kappa shape index (κ3) is 4.47. The zero-order chi connectivity index (χ0) is 15.6. The Hall–Kier alpha value is -1.02. The Morgan fingerprint density at radius 1 is 1.33 bits per heavy atom. The van der Waals surface area contributed by atoms with Gasteiger partial charge in [-0.05, 0) is 30.9 Å². The molecule has 0 spiro atoms. The molecule has 9 heteroatoms. The van der Waals surface area contributed by atoms with E-state index >= 15 is 0 Å². The summed E-state index contributed by atoms with van der Waals surface area (Å²) in [7, 11) is -3.97. The Morgan fingerprint density at radius 3 is 2.57 bits per heavy atom. The smallest absolute Gasteiger partial charge is 0.257 e.